The summed E-state index contributed by atoms with van der Waals surface area (Å²) in [7, 11) is 0. The minimum atomic E-state index is -0.236. The Labute approximate surface area is 128 Å². The van der Waals surface area contributed by atoms with Crippen LogP contribution in [-0.4, -0.2) is 17.6 Å². The summed E-state index contributed by atoms with van der Waals surface area (Å²) in [6.07, 6.45) is 3.72. The second-order valence-electron chi connectivity index (χ2n) is 5.64. The number of nitrogens with one attached hydrogen (secondary N) is 2. The van der Waals surface area contributed by atoms with E-state index in [0.29, 0.717) is 13.1 Å². The molecule has 1 aromatic heterocycles. The number of rotatable bonds is 5. The van der Waals surface area contributed by atoms with Gasteiger partial charge in [0, 0.05) is 18.2 Å². The highest BCUT2D eigenvalue weighted by atomic mass is 19.1. The predicted octanol–water partition coefficient (Wildman–Crippen LogP) is 2.75. The summed E-state index contributed by atoms with van der Waals surface area (Å²) >= 11 is 0. The molecule has 0 saturated heterocycles. The Morgan fingerprint density at radius 1 is 1.14 bits per heavy atom. The van der Waals surface area contributed by atoms with Gasteiger partial charge in [0.15, 0.2) is 0 Å². The smallest absolute Gasteiger partial charge is 0.315 e. The fraction of sp³-hybridized carbons (Fsp3) is 0.294. The van der Waals surface area contributed by atoms with E-state index < -0.39 is 0 Å². The lowest BCUT2D eigenvalue weighted by Crippen LogP contribution is -2.39. The van der Waals surface area contributed by atoms with E-state index in [9.17, 15) is 9.18 Å². The van der Waals surface area contributed by atoms with Crippen molar-refractivity contribution in [3.05, 3.63) is 65.7 Å². The van der Waals surface area contributed by atoms with E-state index in [-0.39, 0.29) is 17.3 Å². The molecule has 0 aliphatic heterocycles. The molecule has 0 bridgehead atoms. The molecule has 4 nitrogen and oxygen atoms in total. The summed E-state index contributed by atoms with van der Waals surface area (Å²) in [5.41, 5.74) is 1.87. The molecular weight excluding hydrogens is 281 g/mol. The first-order valence-electron chi connectivity index (χ1n) is 7.36. The minimum absolute atomic E-state index is 0.0317. The van der Waals surface area contributed by atoms with Gasteiger partial charge in [-0.2, -0.15) is 0 Å². The molecule has 2 aromatic rings. The van der Waals surface area contributed by atoms with E-state index in [1.165, 1.54) is 12.1 Å². The van der Waals surface area contributed by atoms with Gasteiger partial charge in [-0.1, -0.05) is 18.2 Å². The fourth-order valence-electron chi connectivity index (χ4n) is 2.51. The van der Waals surface area contributed by atoms with Gasteiger partial charge in [-0.15, -0.1) is 0 Å². The van der Waals surface area contributed by atoms with Gasteiger partial charge in [-0.05, 0) is 42.7 Å². The number of amides is 2. The Kier molecular flexibility index (Phi) is 4.04. The van der Waals surface area contributed by atoms with Crippen LogP contribution in [0.2, 0.25) is 0 Å². The minimum Gasteiger partial charge on any atom is -0.337 e. The van der Waals surface area contributed by atoms with E-state index in [4.69, 9.17) is 0 Å². The number of carbonyl (C=O) groups is 1. The third-order valence-electron chi connectivity index (χ3n) is 4.05. The van der Waals surface area contributed by atoms with Crippen molar-refractivity contribution in [2.45, 2.75) is 24.8 Å². The number of pyridine rings is 1. The molecule has 1 saturated carbocycles. The molecule has 1 fully saturated rings. The van der Waals surface area contributed by atoms with E-state index in [1.54, 1.807) is 18.3 Å². The Bertz CT molecular complexity index is 639. The van der Waals surface area contributed by atoms with Crippen molar-refractivity contribution in [2.75, 3.05) is 6.54 Å². The van der Waals surface area contributed by atoms with Crippen LogP contribution in [0.1, 0.15) is 24.1 Å². The lowest BCUT2D eigenvalue weighted by atomic mass is 9.96. The zero-order valence-corrected chi connectivity index (χ0v) is 12.2. The van der Waals surface area contributed by atoms with E-state index in [1.807, 2.05) is 18.2 Å². The van der Waals surface area contributed by atoms with Crippen molar-refractivity contribution >= 4 is 6.03 Å². The van der Waals surface area contributed by atoms with Crippen molar-refractivity contribution in [1.29, 1.82) is 0 Å². The van der Waals surface area contributed by atoms with Crippen LogP contribution >= 0.6 is 0 Å². The molecule has 0 radical (unpaired) electrons. The Hall–Kier alpha value is -2.43. The first-order valence-corrected chi connectivity index (χ1v) is 7.36. The molecule has 0 atom stereocenters. The van der Waals surface area contributed by atoms with Gasteiger partial charge in [-0.3, -0.25) is 4.98 Å². The molecule has 114 valence electrons. The molecule has 2 amide bonds. The molecule has 0 spiro atoms. The largest absolute Gasteiger partial charge is 0.337 e. The second-order valence-corrected chi connectivity index (χ2v) is 5.64. The number of urea groups is 1. The SMILES string of the molecule is O=C(NCc1ccccn1)NCC1(c2ccc(F)cc2)CC1. The van der Waals surface area contributed by atoms with Crippen molar-refractivity contribution in [3.8, 4) is 0 Å². The van der Waals surface area contributed by atoms with E-state index >= 15 is 0 Å². The van der Waals surface area contributed by atoms with Crippen LogP contribution < -0.4 is 10.6 Å². The van der Waals surface area contributed by atoms with Gasteiger partial charge in [0.05, 0.1) is 12.2 Å². The number of hydrogen-bond donors (Lipinski definition) is 2. The summed E-state index contributed by atoms with van der Waals surface area (Å²) < 4.78 is 13.0. The predicted molar refractivity (Wildman–Crippen MR) is 81.8 cm³/mol. The zero-order chi connectivity index (χ0) is 15.4. The summed E-state index contributed by atoms with van der Waals surface area (Å²) in [4.78, 5) is 16.0. The molecule has 5 heteroatoms. The number of hydrogen-bond acceptors (Lipinski definition) is 2. The van der Waals surface area contributed by atoms with E-state index in [2.05, 4.69) is 15.6 Å². The first kappa shape index (κ1) is 14.5. The standard InChI is InChI=1S/C17H18FN3O/c18-14-6-4-13(5-7-14)17(8-9-17)12-21-16(22)20-11-15-3-1-2-10-19-15/h1-7,10H,8-9,11-12H2,(H2,20,21,22). The van der Waals surface area contributed by atoms with Crippen molar-refractivity contribution in [3.63, 3.8) is 0 Å². The zero-order valence-electron chi connectivity index (χ0n) is 12.2. The third kappa shape index (κ3) is 3.42. The van der Waals surface area contributed by atoms with Crippen LogP contribution in [0.25, 0.3) is 0 Å². The summed E-state index contributed by atoms with van der Waals surface area (Å²) in [5.74, 6) is -0.236. The summed E-state index contributed by atoms with van der Waals surface area (Å²) in [6.45, 7) is 0.961. The summed E-state index contributed by atoms with van der Waals surface area (Å²) in [5, 5.41) is 5.68. The average molecular weight is 299 g/mol. The maximum absolute atomic E-state index is 13.0. The highest BCUT2D eigenvalue weighted by Gasteiger charge is 2.44. The van der Waals surface area contributed by atoms with Crippen molar-refractivity contribution < 1.29 is 9.18 Å². The highest BCUT2D eigenvalue weighted by Crippen LogP contribution is 2.47. The van der Waals surface area contributed by atoms with Gasteiger partial charge >= 0.3 is 6.03 Å². The lowest BCUT2D eigenvalue weighted by Gasteiger charge is -2.17. The molecular formula is C17H18FN3O. The molecule has 2 N–H and O–H groups in total. The molecule has 1 aromatic carbocycles. The topological polar surface area (TPSA) is 54.0 Å². The molecule has 3 rings (SSSR count). The highest BCUT2D eigenvalue weighted by molar-refractivity contribution is 5.74. The Morgan fingerprint density at radius 3 is 2.55 bits per heavy atom. The van der Waals surface area contributed by atoms with Crippen LogP contribution in [0.5, 0.6) is 0 Å². The molecule has 1 aliphatic rings. The first-order chi connectivity index (χ1) is 10.7. The molecule has 1 aliphatic carbocycles. The second kappa shape index (κ2) is 6.13. The van der Waals surface area contributed by atoms with Crippen LogP contribution in [0.4, 0.5) is 9.18 Å². The normalized spacial score (nSPS) is 15.1. The van der Waals surface area contributed by atoms with E-state index in [0.717, 1.165) is 24.1 Å². The van der Waals surface area contributed by atoms with Gasteiger partial charge in [-0.25, -0.2) is 9.18 Å². The fourth-order valence-corrected chi connectivity index (χ4v) is 2.51. The van der Waals surface area contributed by atoms with Crippen LogP contribution in [-0.2, 0) is 12.0 Å². The molecule has 1 heterocycles. The summed E-state index contributed by atoms with van der Waals surface area (Å²) in [6, 6.07) is 11.9. The monoisotopic (exact) mass is 299 g/mol. The quantitative estimate of drug-likeness (QED) is 0.892. The van der Waals surface area contributed by atoms with Gasteiger partial charge in [0.2, 0.25) is 0 Å². The van der Waals surface area contributed by atoms with Crippen LogP contribution in [0.15, 0.2) is 48.7 Å². The Balaban J connectivity index is 1.49. The number of halogens is 1. The molecule has 0 unspecified atom stereocenters. The van der Waals surface area contributed by atoms with Gasteiger partial charge in [0.25, 0.3) is 0 Å². The van der Waals surface area contributed by atoms with Crippen molar-refractivity contribution in [1.82, 2.24) is 15.6 Å². The third-order valence-corrected chi connectivity index (χ3v) is 4.05. The Morgan fingerprint density at radius 2 is 1.91 bits per heavy atom. The van der Waals surface area contributed by atoms with Gasteiger partial charge < -0.3 is 10.6 Å². The maximum Gasteiger partial charge on any atom is 0.315 e. The number of nitrogens with zero attached hydrogens (tertiary/aromatic N) is 1. The maximum atomic E-state index is 13.0. The number of aromatic nitrogens is 1. The van der Waals surface area contributed by atoms with Crippen LogP contribution in [0.3, 0.4) is 0 Å². The lowest BCUT2D eigenvalue weighted by molar-refractivity contribution is 0.239. The molecule has 22 heavy (non-hydrogen) atoms. The number of benzene rings is 1. The number of carbonyl (C=O) groups excluding carboxylic acids is 1. The average Bonchev–Trinajstić information content (AvgIpc) is 3.34. The van der Waals surface area contributed by atoms with Gasteiger partial charge in [0.1, 0.15) is 5.82 Å². The van der Waals surface area contributed by atoms with Crippen LogP contribution in [0, 0.1) is 5.82 Å². The van der Waals surface area contributed by atoms with Crippen molar-refractivity contribution in [2.24, 2.45) is 0 Å².